The van der Waals surface area contributed by atoms with Crippen molar-refractivity contribution in [2.24, 2.45) is 0 Å². The van der Waals surface area contributed by atoms with Crippen LogP contribution in [0, 0.1) is 0 Å². The predicted octanol–water partition coefficient (Wildman–Crippen LogP) is -4.33. The van der Waals surface area contributed by atoms with Gasteiger partial charge in [0.2, 0.25) is 0 Å². The van der Waals surface area contributed by atoms with Gasteiger partial charge in [-0.15, -0.1) is 0 Å². The number of carbonyl (C=O) groups excluding carboxylic acids is 2. The summed E-state index contributed by atoms with van der Waals surface area (Å²) < 4.78 is 0. The van der Waals surface area contributed by atoms with Crippen molar-refractivity contribution in [2.45, 2.75) is 6.42 Å². The van der Waals surface area contributed by atoms with Crippen LogP contribution in [0.3, 0.4) is 0 Å². The predicted molar refractivity (Wildman–Crippen MR) is 24.0 cm³/mol. The van der Waals surface area contributed by atoms with Crippen LogP contribution in [0.4, 0.5) is 0 Å². The van der Waals surface area contributed by atoms with Crippen LogP contribution in [0.5, 0.6) is 0 Å². The van der Waals surface area contributed by atoms with E-state index in [9.17, 15) is 19.8 Å². The minimum atomic E-state index is -1.63. The molecule has 0 unspecified atom stereocenters. The molecule has 0 bridgehead atoms. The van der Waals surface area contributed by atoms with Crippen molar-refractivity contribution >= 4 is 49.7 Å². The SMILES string of the molecule is O.O=C([O-])CC(=O)[O-].[Ca+2]. The summed E-state index contributed by atoms with van der Waals surface area (Å²) in [4.78, 5) is 18.6. The zero-order chi connectivity index (χ0) is 5.86. The first-order chi connectivity index (χ1) is 3.13. The molecule has 0 saturated heterocycles. The first-order valence-electron chi connectivity index (χ1n) is 1.52. The van der Waals surface area contributed by atoms with Crippen LogP contribution in [0.1, 0.15) is 6.42 Å². The number of carbonyl (C=O) groups is 2. The molecule has 0 heterocycles. The fourth-order valence-corrected chi connectivity index (χ4v) is 0.118. The Bertz CT molecular complexity index is 88.4. The van der Waals surface area contributed by atoms with Gasteiger partial charge in [0.15, 0.2) is 0 Å². The van der Waals surface area contributed by atoms with E-state index < -0.39 is 18.4 Å². The molecule has 2 N–H and O–H groups in total. The second kappa shape index (κ2) is 8.16. The van der Waals surface area contributed by atoms with Gasteiger partial charge < -0.3 is 25.3 Å². The van der Waals surface area contributed by atoms with Gasteiger partial charge in [-0.1, -0.05) is 0 Å². The average Bonchev–Trinajstić information content (AvgIpc) is 1.27. The topological polar surface area (TPSA) is 112 Å². The molecule has 9 heavy (non-hydrogen) atoms. The Morgan fingerprint density at radius 2 is 1.33 bits per heavy atom. The molecule has 5 nitrogen and oxygen atoms in total. The first-order valence-corrected chi connectivity index (χ1v) is 1.52. The molecular weight excluding hydrogens is 156 g/mol. The number of rotatable bonds is 2. The maximum absolute atomic E-state index is 9.28. The largest absolute Gasteiger partial charge is 2.00 e. The van der Waals surface area contributed by atoms with Crippen LogP contribution in [0.15, 0.2) is 0 Å². The average molecular weight is 160 g/mol. The van der Waals surface area contributed by atoms with Crippen molar-refractivity contribution in [1.82, 2.24) is 0 Å². The maximum Gasteiger partial charge on any atom is 2.00 e. The van der Waals surface area contributed by atoms with Crippen molar-refractivity contribution in [1.29, 1.82) is 0 Å². The molecule has 0 atom stereocenters. The number of carboxylic acids is 2. The Hall–Kier alpha value is 0.160. The van der Waals surface area contributed by atoms with Gasteiger partial charge in [-0.05, 0) is 0 Å². The maximum atomic E-state index is 9.28. The van der Waals surface area contributed by atoms with Gasteiger partial charge in [0, 0.05) is 18.4 Å². The molecule has 0 aliphatic rings. The van der Waals surface area contributed by atoms with E-state index in [0.29, 0.717) is 0 Å². The van der Waals surface area contributed by atoms with Crippen LogP contribution < -0.4 is 10.2 Å². The molecule has 0 spiro atoms. The molecule has 0 aromatic carbocycles. The fourth-order valence-electron chi connectivity index (χ4n) is 0.118. The van der Waals surface area contributed by atoms with Crippen LogP contribution >= 0.6 is 0 Å². The van der Waals surface area contributed by atoms with E-state index in [2.05, 4.69) is 0 Å². The zero-order valence-corrected chi connectivity index (χ0v) is 6.76. The van der Waals surface area contributed by atoms with E-state index in [0.717, 1.165) is 0 Å². The van der Waals surface area contributed by atoms with Gasteiger partial charge in [-0.3, -0.25) is 0 Å². The van der Waals surface area contributed by atoms with E-state index >= 15 is 0 Å². The van der Waals surface area contributed by atoms with E-state index in [1.54, 1.807) is 0 Å². The van der Waals surface area contributed by atoms with Crippen LogP contribution in [-0.4, -0.2) is 55.2 Å². The molecule has 6 heteroatoms. The van der Waals surface area contributed by atoms with Crippen LogP contribution in [0.2, 0.25) is 0 Å². The van der Waals surface area contributed by atoms with Gasteiger partial charge in [0.1, 0.15) is 0 Å². The van der Waals surface area contributed by atoms with Gasteiger partial charge in [0.25, 0.3) is 0 Å². The Balaban J connectivity index is -0.000000180. The van der Waals surface area contributed by atoms with Gasteiger partial charge in [-0.2, -0.15) is 0 Å². The summed E-state index contributed by atoms with van der Waals surface area (Å²) in [7, 11) is 0. The van der Waals surface area contributed by atoms with E-state index in [-0.39, 0.29) is 43.2 Å². The summed E-state index contributed by atoms with van der Waals surface area (Å²) in [5.41, 5.74) is 0. The van der Waals surface area contributed by atoms with Gasteiger partial charge in [-0.25, -0.2) is 0 Å². The second-order valence-electron chi connectivity index (χ2n) is 0.921. The molecule has 0 rings (SSSR count). The molecule has 48 valence electrons. The van der Waals surface area contributed by atoms with E-state index in [1.807, 2.05) is 0 Å². The van der Waals surface area contributed by atoms with Crippen LogP contribution in [0.25, 0.3) is 0 Å². The number of hydrogen-bond donors (Lipinski definition) is 0. The van der Waals surface area contributed by atoms with Crippen LogP contribution in [-0.2, 0) is 9.59 Å². The van der Waals surface area contributed by atoms with Crippen molar-refractivity contribution in [2.75, 3.05) is 0 Å². The molecule has 0 amide bonds. The fraction of sp³-hybridized carbons (Fsp3) is 0.333. The summed E-state index contributed by atoms with van der Waals surface area (Å²) in [6.07, 6.45) is -1.03. The minimum absolute atomic E-state index is 0. The normalized spacial score (nSPS) is 6.22. The molecule has 0 aliphatic carbocycles. The Morgan fingerprint density at radius 3 is 1.33 bits per heavy atom. The van der Waals surface area contributed by atoms with Crippen molar-refractivity contribution < 1.29 is 25.3 Å². The standard InChI is InChI=1S/C3H4O4.Ca.H2O/c4-2(5)1-3(6)7;;/h1H2,(H,4,5)(H,6,7);;1H2/q;+2;/p-2. The van der Waals surface area contributed by atoms with Gasteiger partial charge in [0.05, 0.1) is 0 Å². The van der Waals surface area contributed by atoms with Crippen molar-refractivity contribution in [3.63, 3.8) is 0 Å². The molecule has 0 aromatic heterocycles. The molecule has 0 aromatic rings. The van der Waals surface area contributed by atoms with Crippen molar-refractivity contribution in [3.8, 4) is 0 Å². The summed E-state index contributed by atoms with van der Waals surface area (Å²) in [6.45, 7) is 0. The number of aliphatic carboxylic acids is 2. The molecule has 0 fully saturated rings. The zero-order valence-electron chi connectivity index (χ0n) is 4.55. The Morgan fingerprint density at radius 1 is 1.11 bits per heavy atom. The Kier molecular flexibility index (Phi) is 14.6. The first kappa shape index (κ1) is 16.1. The van der Waals surface area contributed by atoms with E-state index in [1.165, 1.54) is 0 Å². The Labute approximate surface area is 81.0 Å². The molecule has 0 saturated carbocycles. The monoisotopic (exact) mass is 160 g/mol. The minimum Gasteiger partial charge on any atom is -0.550 e. The summed E-state index contributed by atoms with van der Waals surface area (Å²) in [5, 5.41) is 18.6. The van der Waals surface area contributed by atoms with Crippen molar-refractivity contribution in [3.05, 3.63) is 0 Å². The smallest absolute Gasteiger partial charge is 0.550 e. The molecule has 0 aliphatic heterocycles. The quantitative estimate of drug-likeness (QED) is 0.300. The van der Waals surface area contributed by atoms with E-state index in [4.69, 9.17) is 0 Å². The summed E-state index contributed by atoms with van der Waals surface area (Å²) >= 11 is 0. The summed E-state index contributed by atoms with van der Waals surface area (Å²) in [5.74, 6) is -3.25. The second-order valence-corrected chi connectivity index (χ2v) is 0.921. The number of carboxylic acid groups (broad SMARTS) is 2. The summed E-state index contributed by atoms with van der Waals surface area (Å²) in [6, 6.07) is 0. The number of hydrogen-bond acceptors (Lipinski definition) is 4. The third kappa shape index (κ3) is 17.9. The third-order valence-electron chi connectivity index (χ3n) is 0.289. The third-order valence-corrected chi connectivity index (χ3v) is 0.289. The molecule has 0 radical (unpaired) electrons. The molecular formula is C3H4CaO5. The van der Waals surface area contributed by atoms with Gasteiger partial charge >= 0.3 is 37.7 Å².